The molecule has 0 radical (unpaired) electrons. The average Bonchev–Trinajstić information content (AvgIpc) is 3.45. The van der Waals surface area contributed by atoms with E-state index in [1.54, 1.807) is 0 Å². The van der Waals surface area contributed by atoms with Crippen molar-refractivity contribution in [2.75, 3.05) is 90.2 Å². The second kappa shape index (κ2) is 13.7. The van der Waals surface area contributed by atoms with Crippen LogP contribution in [0.1, 0.15) is 71.9 Å². The molecule has 250 valence electrons. The Bertz CT molecular complexity index is 1650. The standard InChI is InChI=1S/C38H50N6O3/c1-4-28-24-31-32(25-33(28)43-10-7-29(8-11-43)40-9-12-41-15-19-46-20-16-41)38(2,3)37-35(36(31)45)30-6-5-27(26-39)23-34(30)44(37)14-13-42-17-21-47-22-18-42/h5-6,23-25,29,40H,4,7-22H2,1-3H3. The first kappa shape index (κ1) is 32.3. The maximum absolute atomic E-state index is 14.6. The minimum absolute atomic E-state index is 0.110. The number of hydrogen-bond acceptors (Lipinski definition) is 8. The zero-order valence-electron chi connectivity index (χ0n) is 28.4. The van der Waals surface area contributed by atoms with Gasteiger partial charge in [-0.1, -0.05) is 26.8 Å². The number of aromatic nitrogens is 1. The summed E-state index contributed by atoms with van der Waals surface area (Å²) in [7, 11) is 0. The highest BCUT2D eigenvalue weighted by Crippen LogP contribution is 2.47. The molecular weight excluding hydrogens is 588 g/mol. The van der Waals surface area contributed by atoms with E-state index in [1.807, 2.05) is 18.2 Å². The highest BCUT2D eigenvalue weighted by Gasteiger charge is 2.42. The van der Waals surface area contributed by atoms with Gasteiger partial charge in [0.15, 0.2) is 5.78 Å². The number of aryl methyl sites for hydroxylation is 1. The summed E-state index contributed by atoms with van der Waals surface area (Å²) in [5.74, 6) is 0.110. The molecule has 2 aromatic carbocycles. The molecule has 3 aliphatic heterocycles. The van der Waals surface area contributed by atoms with Crippen LogP contribution in [-0.4, -0.2) is 112 Å². The van der Waals surface area contributed by atoms with Crippen molar-refractivity contribution in [3.8, 4) is 6.07 Å². The van der Waals surface area contributed by atoms with Crippen LogP contribution < -0.4 is 10.2 Å². The van der Waals surface area contributed by atoms with Gasteiger partial charge in [0.1, 0.15) is 0 Å². The van der Waals surface area contributed by atoms with Crippen LogP contribution >= 0.6 is 0 Å². The summed E-state index contributed by atoms with van der Waals surface area (Å²) >= 11 is 0. The highest BCUT2D eigenvalue weighted by molar-refractivity contribution is 6.20. The van der Waals surface area contributed by atoms with Crippen molar-refractivity contribution in [1.29, 1.82) is 5.26 Å². The first-order chi connectivity index (χ1) is 22.9. The van der Waals surface area contributed by atoms with Gasteiger partial charge in [-0.15, -0.1) is 0 Å². The first-order valence-electron chi connectivity index (χ1n) is 17.8. The third-order valence-electron chi connectivity index (χ3n) is 11.1. The van der Waals surface area contributed by atoms with Crippen LogP contribution in [0.25, 0.3) is 10.9 Å². The number of benzene rings is 2. The second-order valence-electron chi connectivity index (χ2n) is 14.2. The van der Waals surface area contributed by atoms with Crippen molar-refractivity contribution in [2.24, 2.45) is 0 Å². The monoisotopic (exact) mass is 638 g/mol. The molecule has 0 atom stereocenters. The van der Waals surface area contributed by atoms with E-state index in [0.29, 0.717) is 11.6 Å². The van der Waals surface area contributed by atoms with E-state index in [2.05, 4.69) is 63.6 Å². The summed E-state index contributed by atoms with van der Waals surface area (Å²) in [4.78, 5) is 22.0. The number of carbonyl (C=O) groups is 1. The van der Waals surface area contributed by atoms with E-state index >= 15 is 0 Å². The molecule has 0 spiro atoms. The maximum Gasteiger partial charge on any atom is 0.195 e. The van der Waals surface area contributed by atoms with Crippen molar-refractivity contribution in [1.82, 2.24) is 19.7 Å². The number of carbonyl (C=O) groups excluding carboxylic acids is 1. The largest absolute Gasteiger partial charge is 0.379 e. The van der Waals surface area contributed by atoms with Gasteiger partial charge in [-0.2, -0.15) is 5.26 Å². The number of piperidine rings is 1. The number of rotatable bonds is 9. The number of hydrogen-bond donors (Lipinski definition) is 1. The third kappa shape index (κ3) is 6.23. The molecular formula is C38H50N6O3. The Morgan fingerprint density at radius 1 is 0.915 bits per heavy atom. The van der Waals surface area contributed by atoms with E-state index in [0.717, 1.165) is 144 Å². The summed E-state index contributed by atoms with van der Waals surface area (Å²) in [5, 5.41) is 14.6. The molecule has 9 nitrogen and oxygen atoms in total. The van der Waals surface area contributed by atoms with Gasteiger partial charge in [-0.05, 0) is 54.7 Å². The molecule has 0 amide bonds. The van der Waals surface area contributed by atoms with Crippen LogP contribution in [0.3, 0.4) is 0 Å². The van der Waals surface area contributed by atoms with Crippen LogP contribution in [-0.2, 0) is 27.9 Å². The number of nitriles is 1. The number of nitrogens with zero attached hydrogens (tertiary/aromatic N) is 5. The van der Waals surface area contributed by atoms with Crippen LogP contribution in [0, 0.1) is 11.3 Å². The Hall–Kier alpha value is -3.26. The van der Waals surface area contributed by atoms with E-state index in [9.17, 15) is 10.1 Å². The fourth-order valence-corrected chi connectivity index (χ4v) is 8.35. The van der Waals surface area contributed by atoms with Gasteiger partial charge in [-0.25, -0.2) is 0 Å². The minimum atomic E-state index is -0.393. The fraction of sp³-hybridized carbons (Fsp3) is 0.579. The molecule has 1 aromatic heterocycles. The van der Waals surface area contributed by atoms with Crippen molar-refractivity contribution >= 4 is 22.4 Å². The lowest BCUT2D eigenvalue weighted by atomic mass is 9.70. The lowest BCUT2D eigenvalue weighted by Gasteiger charge is -2.39. The molecule has 1 N–H and O–H groups in total. The Balaban J connectivity index is 1.17. The van der Waals surface area contributed by atoms with E-state index in [4.69, 9.17) is 9.47 Å². The minimum Gasteiger partial charge on any atom is -0.379 e. The zero-order valence-corrected chi connectivity index (χ0v) is 28.4. The fourth-order valence-electron chi connectivity index (χ4n) is 8.35. The third-order valence-corrected chi connectivity index (χ3v) is 11.1. The summed E-state index contributed by atoms with van der Waals surface area (Å²) in [5.41, 5.74) is 7.57. The van der Waals surface area contributed by atoms with Crippen molar-refractivity contribution in [2.45, 2.75) is 58.0 Å². The average molecular weight is 639 g/mol. The Morgan fingerprint density at radius 2 is 1.60 bits per heavy atom. The van der Waals surface area contributed by atoms with Gasteiger partial charge < -0.3 is 24.3 Å². The zero-order chi connectivity index (χ0) is 32.5. The van der Waals surface area contributed by atoms with Crippen LogP contribution in [0.5, 0.6) is 0 Å². The topological polar surface area (TPSA) is 86.0 Å². The molecule has 0 saturated carbocycles. The van der Waals surface area contributed by atoms with E-state index in [-0.39, 0.29) is 5.78 Å². The molecule has 47 heavy (non-hydrogen) atoms. The Kier molecular flexibility index (Phi) is 9.41. The first-order valence-corrected chi connectivity index (χ1v) is 17.8. The molecule has 3 saturated heterocycles. The van der Waals surface area contributed by atoms with Gasteiger partial charge in [-0.3, -0.25) is 14.6 Å². The smallest absolute Gasteiger partial charge is 0.195 e. The van der Waals surface area contributed by atoms with Crippen LogP contribution in [0.4, 0.5) is 5.69 Å². The number of nitrogens with one attached hydrogen (secondary N) is 1. The lowest BCUT2D eigenvalue weighted by molar-refractivity contribution is 0.0364. The number of ketones is 1. The molecule has 1 aliphatic carbocycles. The summed E-state index contributed by atoms with van der Waals surface area (Å²) < 4.78 is 13.4. The summed E-state index contributed by atoms with van der Waals surface area (Å²) in [6.07, 6.45) is 3.12. The highest BCUT2D eigenvalue weighted by atomic mass is 16.5. The van der Waals surface area contributed by atoms with Gasteiger partial charge in [0, 0.05) is 99.2 Å². The molecule has 0 unspecified atom stereocenters. The second-order valence-corrected chi connectivity index (χ2v) is 14.2. The van der Waals surface area contributed by atoms with Gasteiger partial charge >= 0.3 is 0 Å². The SMILES string of the molecule is CCc1cc2c(cc1N1CCC(NCCN3CCOCC3)CC1)C(C)(C)c1c(c3ccc(C#N)cc3n1CCN1CCOCC1)C2=O. The maximum atomic E-state index is 14.6. The Labute approximate surface area is 279 Å². The molecule has 4 aliphatic rings. The normalized spacial score (nSPS) is 20.7. The molecule has 0 bridgehead atoms. The van der Waals surface area contributed by atoms with Crippen molar-refractivity contribution in [3.63, 3.8) is 0 Å². The van der Waals surface area contributed by atoms with Gasteiger partial charge in [0.25, 0.3) is 0 Å². The molecule has 4 heterocycles. The number of fused-ring (bicyclic) bond motifs is 4. The van der Waals surface area contributed by atoms with E-state index in [1.165, 1.54) is 11.3 Å². The van der Waals surface area contributed by atoms with Crippen LogP contribution in [0.15, 0.2) is 30.3 Å². The van der Waals surface area contributed by atoms with E-state index < -0.39 is 5.41 Å². The van der Waals surface area contributed by atoms with Crippen molar-refractivity contribution in [3.05, 3.63) is 63.8 Å². The molecule has 7 rings (SSSR count). The molecule has 3 fully saturated rings. The van der Waals surface area contributed by atoms with Crippen molar-refractivity contribution < 1.29 is 14.3 Å². The quantitative estimate of drug-likeness (QED) is 0.374. The molecule has 3 aromatic rings. The number of morpholine rings is 2. The molecule has 9 heteroatoms. The van der Waals surface area contributed by atoms with Gasteiger partial charge in [0.05, 0.1) is 49.1 Å². The van der Waals surface area contributed by atoms with Crippen LogP contribution in [0.2, 0.25) is 0 Å². The summed E-state index contributed by atoms with van der Waals surface area (Å²) in [6, 6.07) is 13.2. The number of ether oxygens (including phenoxy) is 2. The number of anilines is 1. The Morgan fingerprint density at radius 3 is 2.26 bits per heavy atom. The predicted molar refractivity (Wildman–Crippen MR) is 186 cm³/mol. The van der Waals surface area contributed by atoms with Gasteiger partial charge in [0.2, 0.25) is 0 Å². The lowest BCUT2D eigenvalue weighted by Crippen LogP contribution is -2.46. The predicted octanol–water partition coefficient (Wildman–Crippen LogP) is 4.17. The summed E-state index contributed by atoms with van der Waals surface area (Å²) in [6.45, 7) is 19.7.